The third kappa shape index (κ3) is 5.16. The lowest BCUT2D eigenvalue weighted by Crippen LogP contribution is -2.22. The molecule has 0 radical (unpaired) electrons. The van der Waals surface area contributed by atoms with Gasteiger partial charge in [-0.05, 0) is 36.8 Å². The van der Waals surface area contributed by atoms with Gasteiger partial charge in [0.05, 0.1) is 25.5 Å². The van der Waals surface area contributed by atoms with E-state index in [-0.39, 0.29) is 12.3 Å². The molecule has 0 aliphatic heterocycles. The number of rotatable bonds is 7. The van der Waals surface area contributed by atoms with Gasteiger partial charge in [0.1, 0.15) is 11.3 Å². The van der Waals surface area contributed by atoms with Crippen LogP contribution in [0.1, 0.15) is 18.1 Å². The molecule has 156 valence electrons. The average Bonchev–Trinajstić information content (AvgIpc) is 3.08. The van der Waals surface area contributed by atoms with Crippen LogP contribution >= 0.6 is 0 Å². The molecule has 2 aromatic carbocycles. The largest absolute Gasteiger partial charge is 0.495 e. The highest BCUT2D eigenvalue weighted by Gasteiger charge is 2.15. The maximum absolute atomic E-state index is 12.2. The Morgan fingerprint density at radius 3 is 2.60 bits per heavy atom. The Balaban J connectivity index is 1.58. The molecule has 2 N–H and O–H groups in total. The van der Waals surface area contributed by atoms with Gasteiger partial charge in [-0.2, -0.15) is 0 Å². The monoisotopic (exact) mass is 410 g/mol. The summed E-state index contributed by atoms with van der Waals surface area (Å²) in [5.74, 6) is -0.918. The second-order valence-corrected chi connectivity index (χ2v) is 6.74. The molecule has 1 heterocycles. The first-order valence-corrected chi connectivity index (χ1v) is 9.23. The van der Waals surface area contributed by atoms with Crippen molar-refractivity contribution >= 4 is 40.1 Å². The third-order valence-electron chi connectivity index (χ3n) is 4.30. The quantitative estimate of drug-likeness (QED) is 0.578. The molecule has 30 heavy (non-hydrogen) atoms. The van der Waals surface area contributed by atoms with E-state index in [0.29, 0.717) is 28.3 Å². The Bertz CT molecular complexity index is 1100. The lowest BCUT2D eigenvalue weighted by atomic mass is 10.1. The molecule has 0 saturated heterocycles. The van der Waals surface area contributed by atoms with Crippen LogP contribution in [0.5, 0.6) is 5.75 Å². The summed E-state index contributed by atoms with van der Waals surface area (Å²) in [5.41, 5.74) is 3.29. The van der Waals surface area contributed by atoms with E-state index >= 15 is 0 Å². The van der Waals surface area contributed by atoms with E-state index in [2.05, 4.69) is 10.6 Å². The summed E-state index contributed by atoms with van der Waals surface area (Å²) in [6.07, 6.45) is 1.51. The fraction of sp³-hybridized carbons (Fsp3) is 0.227. The topological polar surface area (TPSA) is 107 Å². The molecule has 0 aliphatic rings. The van der Waals surface area contributed by atoms with Crippen LogP contribution in [0.3, 0.4) is 0 Å². The molecule has 0 atom stereocenters. The lowest BCUT2D eigenvalue weighted by Gasteiger charge is -2.12. The molecule has 2 amide bonds. The number of ether oxygens (including phenoxy) is 2. The van der Waals surface area contributed by atoms with Crippen LogP contribution in [0.15, 0.2) is 47.1 Å². The van der Waals surface area contributed by atoms with Gasteiger partial charge in [-0.1, -0.05) is 12.1 Å². The van der Waals surface area contributed by atoms with E-state index in [1.807, 2.05) is 25.1 Å². The van der Waals surface area contributed by atoms with Gasteiger partial charge in [-0.3, -0.25) is 14.4 Å². The van der Waals surface area contributed by atoms with Gasteiger partial charge in [-0.25, -0.2) is 0 Å². The molecular formula is C22H22N2O6. The third-order valence-corrected chi connectivity index (χ3v) is 4.30. The molecule has 3 aromatic rings. The Morgan fingerprint density at radius 1 is 1.07 bits per heavy atom. The highest BCUT2D eigenvalue weighted by molar-refractivity contribution is 5.96. The number of furan rings is 1. The molecule has 0 aliphatic carbocycles. The smallest absolute Gasteiger partial charge is 0.310 e. The van der Waals surface area contributed by atoms with Crippen LogP contribution < -0.4 is 15.4 Å². The van der Waals surface area contributed by atoms with E-state index in [4.69, 9.17) is 13.9 Å². The van der Waals surface area contributed by atoms with Gasteiger partial charge in [0.25, 0.3) is 5.91 Å². The standard InChI is InChI=1S/C22H22N2O6/c1-13-4-6-17-15(11-29-20(17)8-13)9-22(27)30-12-21(26)24-18-10-16(23-14(2)25)5-7-19(18)28-3/h4-8,10-11H,9,12H2,1-3H3,(H,23,25)(H,24,26). The Kier molecular flexibility index (Phi) is 6.36. The summed E-state index contributed by atoms with van der Waals surface area (Å²) in [6, 6.07) is 10.5. The number of nitrogens with one attached hydrogen (secondary N) is 2. The highest BCUT2D eigenvalue weighted by Crippen LogP contribution is 2.28. The van der Waals surface area contributed by atoms with Crippen LogP contribution in [-0.4, -0.2) is 31.5 Å². The number of carbonyl (C=O) groups is 3. The zero-order valence-corrected chi connectivity index (χ0v) is 16.9. The predicted octanol–water partition coefficient (Wildman–Crippen LogP) is 3.43. The number of hydrogen-bond donors (Lipinski definition) is 2. The summed E-state index contributed by atoms with van der Waals surface area (Å²) in [6.45, 7) is 2.88. The first kappa shape index (κ1) is 20.9. The van der Waals surface area contributed by atoms with Gasteiger partial charge in [0, 0.05) is 23.6 Å². The van der Waals surface area contributed by atoms with Gasteiger partial charge in [-0.15, -0.1) is 0 Å². The minimum absolute atomic E-state index is 0.00925. The van der Waals surface area contributed by atoms with Crippen LogP contribution in [0.4, 0.5) is 11.4 Å². The zero-order valence-electron chi connectivity index (χ0n) is 16.9. The summed E-state index contributed by atoms with van der Waals surface area (Å²) >= 11 is 0. The molecule has 0 unspecified atom stereocenters. The van der Waals surface area contributed by atoms with Crippen LogP contribution in [0.2, 0.25) is 0 Å². The zero-order chi connectivity index (χ0) is 21.7. The van der Waals surface area contributed by atoms with E-state index in [0.717, 1.165) is 10.9 Å². The van der Waals surface area contributed by atoms with Gasteiger partial charge >= 0.3 is 5.97 Å². The number of fused-ring (bicyclic) bond motifs is 1. The summed E-state index contributed by atoms with van der Waals surface area (Å²) in [7, 11) is 1.46. The van der Waals surface area contributed by atoms with Crippen molar-refractivity contribution in [2.75, 3.05) is 24.4 Å². The number of amides is 2. The van der Waals surface area contributed by atoms with Crippen LogP contribution in [0, 0.1) is 6.92 Å². The first-order valence-electron chi connectivity index (χ1n) is 9.23. The Labute approximate surface area is 173 Å². The Morgan fingerprint density at radius 2 is 1.87 bits per heavy atom. The number of benzene rings is 2. The normalized spacial score (nSPS) is 10.5. The van der Waals surface area contributed by atoms with Crippen molar-refractivity contribution in [2.45, 2.75) is 20.3 Å². The number of carbonyl (C=O) groups excluding carboxylic acids is 3. The summed E-state index contributed by atoms with van der Waals surface area (Å²) in [4.78, 5) is 35.6. The average molecular weight is 410 g/mol. The van der Waals surface area contributed by atoms with Crippen molar-refractivity contribution in [3.8, 4) is 5.75 Å². The molecule has 0 spiro atoms. The number of methoxy groups -OCH3 is 1. The molecule has 1 aromatic heterocycles. The molecule has 8 heteroatoms. The molecular weight excluding hydrogens is 388 g/mol. The first-order chi connectivity index (χ1) is 14.4. The summed E-state index contributed by atoms with van der Waals surface area (Å²) < 4.78 is 15.8. The van der Waals surface area contributed by atoms with Crippen molar-refractivity contribution in [3.63, 3.8) is 0 Å². The van der Waals surface area contributed by atoms with Crippen LogP contribution in [-0.2, 0) is 25.5 Å². The minimum atomic E-state index is -0.549. The lowest BCUT2D eigenvalue weighted by molar-refractivity contribution is -0.146. The van der Waals surface area contributed by atoms with E-state index in [1.54, 1.807) is 18.2 Å². The second kappa shape index (κ2) is 9.13. The molecule has 0 fully saturated rings. The fourth-order valence-corrected chi connectivity index (χ4v) is 2.95. The minimum Gasteiger partial charge on any atom is -0.495 e. The van der Waals surface area contributed by atoms with Crippen molar-refractivity contribution in [1.29, 1.82) is 0 Å². The maximum Gasteiger partial charge on any atom is 0.310 e. The molecule has 8 nitrogen and oxygen atoms in total. The van der Waals surface area contributed by atoms with Gasteiger partial charge < -0.3 is 24.5 Å². The van der Waals surface area contributed by atoms with Crippen molar-refractivity contribution in [3.05, 3.63) is 53.8 Å². The SMILES string of the molecule is COc1ccc(NC(C)=O)cc1NC(=O)COC(=O)Cc1coc2cc(C)ccc12. The predicted molar refractivity (Wildman–Crippen MR) is 112 cm³/mol. The number of anilines is 2. The second-order valence-electron chi connectivity index (χ2n) is 6.74. The number of hydrogen-bond acceptors (Lipinski definition) is 6. The van der Waals surface area contributed by atoms with Crippen molar-refractivity contribution < 1.29 is 28.3 Å². The summed E-state index contributed by atoms with van der Waals surface area (Å²) in [5, 5.41) is 6.07. The highest BCUT2D eigenvalue weighted by atomic mass is 16.5. The van der Waals surface area contributed by atoms with Crippen molar-refractivity contribution in [1.82, 2.24) is 0 Å². The van der Waals surface area contributed by atoms with E-state index in [9.17, 15) is 14.4 Å². The molecule has 3 rings (SSSR count). The van der Waals surface area contributed by atoms with Gasteiger partial charge in [0.15, 0.2) is 6.61 Å². The van der Waals surface area contributed by atoms with Crippen LogP contribution in [0.25, 0.3) is 11.0 Å². The van der Waals surface area contributed by atoms with Crippen molar-refractivity contribution in [2.24, 2.45) is 0 Å². The fourth-order valence-electron chi connectivity index (χ4n) is 2.95. The molecule has 0 bridgehead atoms. The Hall–Kier alpha value is -3.81. The van der Waals surface area contributed by atoms with Gasteiger partial charge in [0.2, 0.25) is 5.91 Å². The van der Waals surface area contributed by atoms with E-state index in [1.165, 1.54) is 20.3 Å². The maximum atomic E-state index is 12.2. The number of esters is 1. The molecule has 0 saturated carbocycles. The number of aryl methyl sites for hydroxylation is 1. The van der Waals surface area contributed by atoms with E-state index < -0.39 is 18.5 Å².